The molecule has 17 heavy (non-hydrogen) atoms. The minimum Gasteiger partial charge on any atom is -0.383 e. The molecule has 2 rings (SSSR count). The van der Waals surface area contributed by atoms with Crippen molar-refractivity contribution in [2.24, 2.45) is 5.92 Å². The molecule has 0 saturated heterocycles. The van der Waals surface area contributed by atoms with Crippen molar-refractivity contribution in [1.82, 2.24) is 9.97 Å². The number of nitrogens with two attached hydrogens (primary N) is 1. The zero-order chi connectivity index (χ0) is 12.1. The number of nitrogens with zero attached hydrogens (tertiary/aromatic N) is 2. The first kappa shape index (κ1) is 12.1. The third-order valence-corrected chi connectivity index (χ3v) is 3.26. The van der Waals surface area contributed by atoms with E-state index in [9.17, 15) is 0 Å². The summed E-state index contributed by atoms with van der Waals surface area (Å²) in [6.45, 7) is 3.13. The quantitative estimate of drug-likeness (QED) is 0.712. The molecule has 94 valence electrons. The molecule has 1 heterocycles. The van der Waals surface area contributed by atoms with Crippen molar-refractivity contribution in [3.8, 4) is 0 Å². The molecule has 4 heteroatoms. The number of rotatable bonds is 7. The number of hydrogen-bond donors (Lipinski definition) is 2. The maximum atomic E-state index is 5.88. The van der Waals surface area contributed by atoms with E-state index in [1.807, 2.05) is 0 Å². The lowest BCUT2D eigenvalue weighted by molar-refractivity contribution is 0.686. The van der Waals surface area contributed by atoms with E-state index in [2.05, 4.69) is 22.2 Å². The fourth-order valence-corrected chi connectivity index (χ4v) is 2.08. The molecule has 0 spiro atoms. The lowest BCUT2D eigenvalue weighted by atomic mass is 10.1. The molecule has 1 aromatic rings. The second-order valence-electron chi connectivity index (χ2n) is 4.85. The van der Waals surface area contributed by atoms with E-state index in [0.29, 0.717) is 5.82 Å². The van der Waals surface area contributed by atoms with Gasteiger partial charge in [-0.1, -0.05) is 26.2 Å². The lowest BCUT2D eigenvalue weighted by Gasteiger charge is -2.11. The zero-order valence-corrected chi connectivity index (χ0v) is 10.6. The third kappa shape index (κ3) is 3.58. The van der Waals surface area contributed by atoms with Crippen molar-refractivity contribution in [2.75, 3.05) is 17.6 Å². The zero-order valence-electron chi connectivity index (χ0n) is 10.6. The summed E-state index contributed by atoms with van der Waals surface area (Å²) in [5.41, 5.74) is 6.95. The molecule has 3 N–H and O–H groups in total. The van der Waals surface area contributed by atoms with Gasteiger partial charge in [0.25, 0.3) is 0 Å². The number of anilines is 2. The number of nitrogen functional groups attached to an aromatic ring is 1. The summed E-state index contributed by atoms with van der Waals surface area (Å²) in [5.74, 6) is 2.55. The van der Waals surface area contributed by atoms with Gasteiger partial charge in [-0.3, -0.25) is 0 Å². The number of aromatic nitrogens is 2. The second-order valence-corrected chi connectivity index (χ2v) is 4.85. The van der Waals surface area contributed by atoms with Gasteiger partial charge >= 0.3 is 0 Å². The van der Waals surface area contributed by atoms with Crippen LogP contribution < -0.4 is 11.1 Å². The molecule has 4 nitrogen and oxygen atoms in total. The van der Waals surface area contributed by atoms with Crippen LogP contribution in [0, 0.1) is 5.92 Å². The highest BCUT2D eigenvalue weighted by atomic mass is 15.0. The topological polar surface area (TPSA) is 63.8 Å². The fraction of sp³-hybridized carbons (Fsp3) is 0.692. The molecule has 1 saturated carbocycles. The fourth-order valence-electron chi connectivity index (χ4n) is 2.08. The van der Waals surface area contributed by atoms with Gasteiger partial charge in [-0.25, -0.2) is 9.97 Å². The molecule has 1 aliphatic carbocycles. The Morgan fingerprint density at radius 3 is 2.94 bits per heavy atom. The molecule has 0 atom stereocenters. The predicted octanol–water partition coefficient (Wildman–Crippen LogP) is 2.61. The van der Waals surface area contributed by atoms with E-state index in [4.69, 9.17) is 5.73 Å². The molecule has 1 fully saturated rings. The lowest BCUT2D eigenvalue weighted by Crippen LogP contribution is -2.09. The van der Waals surface area contributed by atoms with Crippen molar-refractivity contribution in [3.63, 3.8) is 0 Å². The molecule has 0 bridgehead atoms. The average Bonchev–Trinajstić information content (AvgIpc) is 3.12. The summed E-state index contributed by atoms with van der Waals surface area (Å²) in [6, 6.07) is 0. The van der Waals surface area contributed by atoms with Crippen LogP contribution in [0.3, 0.4) is 0 Å². The molecule has 0 aliphatic heterocycles. The Morgan fingerprint density at radius 1 is 1.41 bits per heavy atom. The second kappa shape index (κ2) is 5.84. The maximum Gasteiger partial charge on any atom is 0.134 e. The van der Waals surface area contributed by atoms with Gasteiger partial charge in [-0.15, -0.1) is 0 Å². The summed E-state index contributed by atoms with van der Waals surface area (Å²) >= 11 is 0. The SMILES string of the molecule is CCCc1c(N)ncnc1NCCCC1CC1. The van der Waals surface area contributed by atoms with Crippen LogP contribution in [0.4, 0.5) is 11.6 Å². The monoisotopic (exact) mass is 234 g/mol. The van der Waals surface area contributed by atoms with E-state index >= 15 is 0 Å². The maximum absolute atomic E-state index is 5.88. The summed E-state index contributed by atoms with van der Waals surface area (Å²) < 4.78 is 0. The number of hydrogen-bond acceptors (Lipinski definition) is 4. The Balaban J connectivity index is 1.86. The highest BCUT2D eigenvalue weighted by Gasteiger charge is 2.20. The van der Waals surface area contributed by atoms with Crippen LogP contribution in [0.1, 0.15) is 44.6 Å². The van der Waals surface area contributed by atoms with Crippen molar-refractivity contribution in [2.45, 2.75) is 45.4 Å². The molecule has 1 aliphatic rings. The highest BCUT2D eigenvalue weighted by Crippen LogP contribution is 2.33. The largest absolute Gasteiger partial charge is 0.383 e. The molecule has 1 aromatic heterocycles. The van der Waals surface area contributed by atoms with E-state index in [1.54, 1.807) is 0 Å². The van der Waals surface area contributed by atoms with Crippen molar-refractivity contribution < 1.29 is 0 Å². The Morgan fingerprint density at radius 2 is 2.24 bits per heavy atom. The smallest absolute Gasteiger partial charge is 0.134 e. The van der Waals surface area contributed by atoms with Crippen LogP contribution >= 0.6 is 0 Å². The van der Waals surface area contributed by atoms with Crippen molar-refractivity contribution >= 4 is 11.6 Å². The van der Waals surface area contributed by atoms with Gasteiger partial charge in [0, 0.05) is 12.1 Å². The van der Waals surface area contributed by atoms with Crippen molar-refractivity contribution in [1.29, 1.82) is 0 Å². The summed E-state index contributed by atoms with van der Waals surface area (Å²) in [6.07, 6.45) is 8.98. The molecule has 0 radical (unpaired) electrons. The van der Waals surface area contributed by atoms with Gasteiger partial charge in [0.1, 0.15) is 18.0 Å². The standard InChI is InChI=1S/C13H22N4/c1-2-4-11-12(14)16-9-17-13(11)15-8-3-5-10-6-7-10/h9-10H,2-8H2,1H3,(H3,14,15,16,17). The summed E-state index contributed by atoms with van der Waals surface area (Å²) in [5, 5.41) is 3.39. The van der Waals surface area contributed by atoms with Crippen LogP contribution in [0.2, 0.25) is 0 Å². The molecule has 0 unspecified atom stereocenters. The minimum atomic E-state index is 0.617. The van der Waals surface area contributed by atoms with E-state index in [1.165, 1.54) is 32.0 Å². The van der Waals surface area contributed by atoms with Crippen molar-refractivity contribution in [3.05, 3.63) is 11.9 Å². The van der Waals surface area contributed by atoms with Gasteiger partial charge in [0.05, 0.1) is 0 Å². The Kier molecular flexibility index (Phi) is 4.18. The van der Waals surface area contributed by atoms with Crippen LogP contribution in [0.5, 0.6) is 0 Å². The molecule has 0 amide bonds. The molecular weight excluding hydrogens is 212 g/mol. The summed E-state index contributed by atoms with van der Waals surface area (Å²) in [4.78, 5) is 8.34. The highest BCUT2D eigenvalue weighted by molar-refractivity contribution is 5.54. The molecular formula is C13H22N4. The van der Waals surface area contributed by atoms with Gasteiger partial charge in [0.2, 0.25) is 0 Å². The van der Waals surface area contributed by atoms with Gasteiger partial charge < -0.3 is 11.1 Å². The molecule has 0 aromatic carbocycles. The van der Waals surface area contributed by atoms with Crippen LogP contribution in [-0.2, 0) is 6.42 Å². The normalized spacial score (nSPS) is 14.9. The van der Waals surface area contributed by atoms with Gasteiger partial charge in [-0.05, 0) is 25.2 Å². The van der Waals surface area contributed by atoms with Gasteiger partial charge in [0.15, 0.2) is 0 Å². The Bertz CT molecular complexity index is 360. The third-order valence-electron chi connectivity index (χ3n) is 3.26. The van der Waals surface area contributed by atoms with E-state index in [-0.39, 0.29) is 0 Å². The Labute approximate surface area is 103 Å². The van der Waals surface area contributed by atoms with Gasteiger partial charge in [-0.2, -0.15) is 0 Å². The first-order chi connectivity index (χ1) is 8.31. The minimum absolute atomic E-state index is 0.617. The van der Waals surface area contributed by atoms with E-state index < -0.39 is 0 Å². The van der Waals surface area contributed by atoms with Crippen LogP contribution in [-0.4, -0.2) is 16.5 Å². The Hall–Kier alpha value is -1.32. The van der Waals surface area contributed by atoms with E-state index in [0.717, 1.165) is 36.7 Å². The average molecular weight is 234 g/mol. The van der Waals surface area contributed by atoms with Crippen LogP contribution in [0.25, 0.3) is 0 Å². The first-order valence-electron chi connectivity index (χ1n) is 6.64. The number of nitrogens with one attached hydrogen (secondary N) is 1. The summed E-state index contributed by atoms with van der Waals surface area (Å²) in [7, 11) is 0. The first-order valence-corrected chi connectivity index (χ1v) is 6.64. The predicted molar refractivity (Wildman–Crippen MR) is 70.9 cm³/mol. The van der Waals surface area contributed by atoms with Crippen LogP contribution in [0.15, 0.2) is 6.33 Å².